The van der Waals surface area contributed by atoms with Crippen molar-refractivity contribution in [2.75, 3.05) is 20.2 Å². The largest absolute Gasteiger partial charge is 0.477 e. The number of aromatic nitrogens is 1. The third-order valence-corrected chi connectivity index (χ3v) is 4.06. The Hall–Kier alpha value is -1.46. The van der Waals surface area contributed by atoms with Crippen molar-refractivity contribution in [3.8, 4) is 0 Å². The smallest absolute Gasteiger partial charge is 0.354 e. The first kappa shape index (κ1) is 14.9. The number of likely N-dealkylation sites (tertiary alicyclic amines) is 1. The molecule has 0 bridgehead atoms. The molecule has 2 rings (SSSR count). The molecule has 5 heteroatoms. The highest BCUT2D eigenvalue weighted by atomic mass is 16.5. The molecule has 0 radical (unpaired) electrons. The van der Waals surface area contributed by atoms with Crippen LogP contribution in [-0.4, -0.2) is 52.8 Å². The van der Waals surface area contributed by atoms with E-state index >= 15 is 0 Å². The molecule has 0 amide bonds. The molecule has 1 aromatic rings. The number of carboxylic acid groups (broad SMARTS) is 1. The molecule has 0 saturated carbocycles. The summed E-state index contributed by atoms with van der Waals surface area (Å²) in [4.78, 5) is 17.5. The van der Waals surface area contributed by atoms with Gasteiger partial charge in [0.1, 0.15) is 5.69 Å². The minimum absolute atomic E-state index is 0.0793. The summed E-state index contributed by atoms with van der Waals surface area (Å²) in [5.41, 5.74) is 1.03. The Morgan fingerprint density at radius 1 is 1.50 bits per heavy atom. The molecule has 0 spiro atoms. The predicted octanol–water partition coefficient (Wildman–Crippen LogP) is 1.82. The van der Waals surface area contributed by atoms with Gasteiger partial charge in [0.15, 0.2) is 0 Å². The lowest BCUT2D eigenvalue weighted by Crippen LogP contribution is -2.60. The first-order valence-electron chi connectivity index (χ1n) is 6.89. The highest BCUT2D eigenvalue weighted by molar-refractivity contribution is 5.85. The number of aromatic carboxylic acids is 1. The van der Waals surface area contributed by atoms with Crippen LogP contribution in [-0.2, 0) is 11.2 Å². The molecule has 20 heavy (non-hydrogen) atoms. The van der Waals surface area contributed by atoms with Crippen LogP contribution in [0.3, 0.4) is 0 Å². The lowest BCUT2D eigenvalue weighted by Gasteiger charge is -2.48. The lowest BCUT2D eigenvalue weighted by atomic mass is 9.91. The summed E-state index contributed by atoms with van der Waals surface area (Å²) in [7, 11) is 1.75. The number of nitrogens with zero attached hydrogens (tertiary/aromatic N) is 2. The number of carbonyl (C=O) groups is 1. The van der Waals surface area contributed by atoms with Crippen LogP contribution < -0.4 is 0 Å². The zero-order valence-electron chi connectivity index (χ0n) is 12.3. The molecule has 0 atom stereocenters. The Labute approximate surface area is 119 Å². The molecule has 1 aliphatic rings. The highest BCUT2D eigenvalue weighted by Gasteiger charge is 2.36. The van der Waals surface area contributed by atoms with E-state index in [0.29, 0.717) is 6.10 Å². The van der Waals surface area contributed by atoms with Crippen molar-refractivity contribution in [2.45, 2.75) is 38.3 Å². The van der Waals surface area contributed by atoms with Gasteiger partial charge in [-0.25, -0.2) is 9.78 Å². The average Bonchev–Trinajstić information content (AvgIpc) is 2.35. The molecule has 2 heterocycles. The second-order valence-corrected chi connectivity index (χ2v) is 5.89. The predicted molar refractivity (Wildman–Crippen MR) is 76.0 cm³/mol. The quantitative estimate of drug-likeness (QED) is 0.860. The van der Waals surface area contributed by atoms with E-state index in [1.54, 1.807) is 13.2 Å². The van der Waals surface area contributed by atoms with Crippen LogP contribution in [0.4, 0.5) is 0 Å². The fourth-order valence-electron chi connectivity index (χ4n) is 2.41. The van der Waals surface area contributed by atoms with Crippen molar-refractivity contribution in [1.29, 1.82) is 0 Å². The number of rotatable bonds is 6. The van der Waals surface area contributed by atoms with Crippen molar-refractivity contribution < 1.29 is 14.6 Å². The molecule has 1 N–H and O–H groups in total. The van der Waals surface area contributed by atoms with Gasteiger partial charge in [0.05, 0.1) is 6.10 Å². The molecule has 0 unspecified atom stereocenters. The van der Waals surface area contributed by atoms with Gasteiger partial charge in [0, 0.05) is 31.4 Å². The number of pyridine rings is 1. The lowest BCUT2D eigenvalue weighted by molar-refractivity contribution is -0.0776. The second kappa shape index (κ2) is 5.89. The number of methoxy groups -OCH3 is 1. The summed E-state index contributed by atoms with van der Waals surface area (Å²) in [6.45, 7) is 6.35. The summed E-state index contributed by atoms with van der Waals surface area (Å²) in [6, 6.07) is 5.16. The fourth-order valence-corrected chi connectivity index (χ4v) is 2.41. The van der Waals surface area contributed by atoms with E-state index in [4.69, 9.17) is 9.84 Å². The van der Waals surface area contributed by atoms with E-state index in [0.717, 1.165) is 31.6 Å². The van der Waals surface area contributed by atoms with Gasteiger partial charge in [0.2, 0.25) is 0 Å². The Morgan fingerprint density at radius 3 is 2.80 bits per heavy atom. The zero-order chi connectivity index (χ0) is 14.8. The minimum Gasteiger partial charge on any atom is -0.477 e. The molecule has 0 aliphatic carbocycles. The van der Waals surface area contributed by atoms with Crippen LogP contribution in [0, 0.1) is 0 Å². The van der Waals surface area contributed by atoms with E-state index in [-0.39, 0.29) is 11.2 Å². The summed E-state index contributed by atoms with van der Waals surface area (Å²) in [6.07, 6.45) is 2.07. The number of ether oxygens (including phenoxy) is 1. The van der Waals surface area contributed by atoms with E-state index in [9.17, 15) is 4.79 Å². The summed E-state index contributed by atoms with van der Waals surface area (Å²) < 4.78 is 5.30. The Morgan fingerprint density at radius 2 is 2.20 bits per heavy atom. The van der Waals surface area contributed by atoms with Gasteiger partial charge in [-0.1, -0.05) is 6.07 Å². The molecule has 0 aromatic carbocycles. The number of hydrogen-bond donors (Lipinski definition) is 1. The summed E-state index contributed by atoms with van der Waals surface area (Å²) in [5.74, 6) is -0.975. The van der Waals surface area contributed by atoms with Crippen molar-refractivity contribution in [2.24, 2.45) is 0 Å². The van der Waals surface area contributed by atoms with Crippen LogP contribution in [0.1, 0.15) is 36.5 Å². The highest BCUT2D eigenvalue weighted by Crippen LogP contribution is 2.27. The van der Waals surface area contributed by atoms with Gasteiger partial charge in [-0.2, -0.15) is 0 Å². The van der Waals surface area contributed by atoms with Crippen molar-refractivity contribution in [3.63, 3.8) is 0 Å². The van der Waals surface area contributed by atoms with Gasteiger partial charge in [-0.05, 0) is 38.8 Å². The zero-order valence-corrected chi connectivity index (χ0v) is 12.3. The number of aryl methyl sites for hydroxylation is 1. The van der Waals surface area contributed by atoms with Crippen molar-refractivity contribution in [1.82, 2.24) is 9.88 Å². The van der Waals surface area contributed by atoms with E-state index in [1.807, 2.05) is 6.07 Å². The Balaban J connectivity index is 1.91. The van der Waals surface area contributed by atoms with E-state index in [1.165, 1.54) is 6.07 Å². The third-order valence-electron chi connectivity index (χ3n) is 4.06. The third kappa shape index (κ3) is 3.35. The summed E-state index contributed by atoms with van der Waals surface area (Å²) in [5, 5.41) is 8.94. The maximum Gasteiger partial charge on any atom is 0.354 e. The monoisotopic (exact) mass is 278 g/mol. The fraction of sp³-hybridized carbons (Fsp3) is 0.600. The Bertz CT molecular complexity index is 482. The number of hydrogen-bond acceptors (Lipinski definition) is 4. The standard InChI is InChI=1S/C15H22N2O3/c1-15(2,17-9-12(10-17)20-3)8-7-11-5-4-6-13(16-11)14(18)19/h4-6,12H,7-10H2,1-3H3,(H,18,19). The van der Waals surface area contributed by atoms with Crippen LogP contribution in [0.15, 0.2) is 18.2 Å². The van der Waals surface area contributed by atoms with Gasteiger partial charge in [-0.3, -0.25) is 4.90 Å². The van der Waals surface area contributed by atoms with Crippen molar-refractivity contribution >= 4 is 5.97 Å². The average molecular weight is 278 g/mol. The molecule has 1 fully saturated rings. The first-order valence-corrected chi connectivity index (χ1v) is 6.89. The number of carboxylic acids is 1. The van der Waals surface area contributed by atoms with E-state index < -0.39 is 5.97 Å². The minimum atomic E-state index is -0.975. The molecule has 110 valence electrons. The van der Waals surface area contributed by atoms with Crippen molar-refractivity contribution in [3.05, 3.63) is 29.6 Å². The summed E-state index contributed by atoms with van der Waals surface area (Å²) >= 11 is 0. The Kier molecular flexibility index (Phi) is 4.40. The molecule has 1 aliphatic heterocycles. The topological polar surface area (TPSA) is 62.7 Å². The maximum atomic E-state index is 10.9. The molecule has 1 aromatic heterocycles. The first-order chi connectivity index (χ1) is 9.42. The SMILES string of the molecule is COC1CN(C(C)(C)CCc2cccc(C(=O)O)n2)C1. The normalized spacial score (nSPS) is 16.9. The van der Waals surface area contributed by atoms with Gasteiger partial charge in [0.25, 0.3) is 0 Å². The van der Waals surface area contributed by atoms with Crippen LogP contribution in [0.5, 0.6) is 0 Å². The van der Waals surface area contributed by atoms with E-state index in [2.05, 4.69) is 23.7 Å². The molecular formula is C15H22N2O3. The molecule has 5 nitrogen and oxygen atoms in total. The van der Waals surface area contributed by atoms with Gasteiger partial charge >= 0.3 is 5.97 Å². The molecule has 1 saturated heterocycles. The van der Waals surface area contributed by atoms with Crippen LogP contribution in [0.2, 0.25) is 0 Å². The maximum absolute atomic E-state index is 10.9. The molecular weight excluding hydrogens is 256 g/mol. The van der Waals surface area contributed by atoms with Crippen LogP contribution in [0.25, 0.3) is 0 Å². The van der Waals surface area contributed by atoms with Crippen LogP contribution >= 0.6 is 0 Å². The van der Waals surface area contributed by atoms with Gasteiger partial charge < -0.3 is 9.84 Å². The van der Waals surface area contributed by atoms with Gasteiger partial charge in [-0.15, -0.1) is 0 Å². The second-order valence-electron chi connectivity index (χ2n) is 5.89.